The normalized spacial score (nSPS) is 14.8. The highest BCUT2D eigenvalue weighted by Crippen LogP contribution is 2.12. The number of hydrogen-bond donors (Lipinski definition) is 2. The van der Waals surface area contributed by atoms with Crippen molar-refractivity contribution in [2.24, 2.45) is 0 Å². The lowest BCUT2D eigenvalue weighted by Gasteiger charge is -2.26. The van der Waals surface area contributed by atoms with Gasteiger partial charge >= 0.3 is 0 Å². The zero-order valence-electron chi connectivity index (χ0n) is 12.2. The summed E-state index contributed by atoms with van der Waals surface area (Å²) in [6.45, 7) is 4.63. The van der Waals surface area contributed by atoms with Gasteiger partial charge in [-0.25, -0.2) is 0 Å². The number of ether oxygens (including phenoxy) is 1. The molecule has 0 radical (unpaired) electrons. The smallest absolute Gasteiger partial charge is 0.251 e. The lowest BCUT2D eigenvalue weighted by atomic mass is 10.1. The van der Waals surface area contributed by atoms with Crippen LogP contribution < -0.4 is 11.1 Å². The summed E-state index contributed by atoms with van der Waals surface area (Å²) in [5, 5.41) is 2.74. The van der Waals surface area contributed by atoms with Crippen molar-refractivity contribution >= 4 is 17.5 Å². The van der Waals surface area contributed by atoms with Gasteiger partial charge in [-0.1, -0.05) is 6.07 Å². The molecule has 0 aliphatic carbocycles. The molecule has 1 saturated heterocycles. The van der Waals surface area contributed by atoms with Crippen molar-refractivity contribution in [1.29, 1.82) is 0 Å². The maximum absolute atomic E-state index is 12.0. The largest absolute Gasteiger partial charge is 0.398 e. The van der Waals surface area contributed by atoms with E-state index in [4.69, 9.17) is 10.5 Å². The van der Waals surface area contributed by atoms with Crippen LogP contribution in [0.25, 0.3) is 0 Å². The highest BCUT2D eigenvalue weighted by Gasteiger charge is 2.16. The number of aryl methyl sites for hydroxylation is 1. The Kier molecular flexibility index (Phi) is 5.16. The summed E-state index contributed by atoms with van der Waals surface area (Å²) in [5.41, 5.74) is 7.82. The van der Waals surface area contributed by atoms with Crippen LogP contribution in [0.3, 0.4) is 0 Å². The zero-order chi connectivity index (χ0) is 15.2. The van der Waals surface area contributed by atoms with Crippen molar-refractivity contribution in [3.05, 3.63) is 29.3 Å². The van der Waals surface area contributed by atoms with E-state index in [1.807, 2.05) is 13.0 Å². The number of morpholine rings is 1. The Morgan fingerprint density at radius 3 is 2.71 bits per heavy atom. The first kappa shape index (κ1) is 15.3. The molecule has 0 unspecified atom stereocenters. The third kappa shape index (κ3) is 4.19. The summed E-state index contributed by atoms with van der Waals surface area (Å²) in [5.74, 6) is -0.168. The molecule has 2 rings (SSSR count). The minimum absolute atomic E-state index is 0.0435. The van der Waals surface area contributed by atoms with Crippen molar-refractivity contribution < 1.29 is 14.3 Å². The Morgan fingerprint density at radius 2 is 2.05 bits per heavy atom. The van der Waals surface area contributed by atoms with Crippen molar-refractivity contribution in [3.8, 4) is 0 Å². The zero-order valence-corrected chi connectivity index (χ0v) is 12.2. The maximum Gasteiger partial charge on any atom is 0.251 e. The van der Waals surface area contributed by atoms with Crippen LogP contribution in [0.15, 0.2) is 18.2 Å². The van der Waals surface area contributed by atoms with E-state index in [-0.39, 0.29) is 11.8 Å². The first-order valence-corrected chi connectivity index (χ1v) is 7.08. The molecule has 6 heteroatoms. The number of carbonyl (C=O) groups is 2. The standard InChI is InChI=1S/C15H21N3O3/c1-11-2-3-12(10-13(11)16)15(20)17-5-4-14(19)18-6-8-21-9-7-18/h2-3,10H,4-9,16H2,1H3,(H,17,20). The Morgan fingerprint density at radius 1 is 1.33 bits per heavy atom. The van der Waals surface area contributed by atoms with Crippen LogP contribution >= 0.6 is 0 Å². The number of rotatable bonds is 4. The first-order chi connectivity index (χ1) is 10.1. The molecule has 2 amide bonds. The second kappa shape index (κ2) is 7.08. The van der Waals surface area contributed by atoms with Crippen LogP contribution in [0.5, 0.6) is 0 Å². The molecule has 1 heterocycles. The van der Waals surface area contributed by atoms with Gasteiger partial charge in [-0.3, -0.25) is 9.59 Å². The fourth-order valence-corrected chi connectivity index (χ4v) is 2.14. The predicted molar refractivity (Wildman–Crippen MR) is 79.9 cm³/mol. The Balaban J connectivity index is 1.78. The van der Waals surface area contributed by atoms with E-state index in [9.17, 15) is 9.59 Å². The molecular weight excluding hydrogens is 270 g/mol. The quantitative estimate of drug-likeness (QED) is 0.794. The predicted octanol–water partition coefficient (Wildman–Crippen LogP) is 0.556. The van der Waals surface area contributed by atoms with Crippen LogP contribution in [0, 0.1) is 6.92 Å². The highest BCUT2D eigenvalue weighted by atomic mass is 16.5. The van der Waals surface area contributed by atoms with Gasteiger partial charge in [0.1, 0.15) is 0 Å². The number of anilines is 1. The average molecular weight is 291 g/mol. The second-order valence-electron chi connectivity index (χ2n) is 5.07. The van der Waals surface area contributed by atoms with E-state index in [0.29, 0.717) is 50.5 Å². The van der Waals surface area contributed by atoms with Gasteiger partial charge in [-0.2, -0.15) is 0 Å². The van der Waals surface area contributed by atoms with Crippen LogP contribution in [-0.4, -0.2) is 49.6 Å². The second-order valence-corrected chi connectivity index (χ2v) is 5.07. The summed E-state index contributed by atoms with van der Waals surface area (Å²) < 4.78 is 5.20. The summed E-state index contributed by atoms with van der Waals surface area (Å²) in [6.07, 6.45) is 0.299. The lowest BCUT2D eigenvalue weighted by Crippen LogP contribution is -2.42. The molecule has 3 N–H and O–H groups in total. The molecule has 0 spiro atoms. The third-order valence-electron chi connectivity index (χ3n) is 3.53. The van der Waals surface area contributed by atoms with Crippen LogP contribution in [0.1, 0.15) is 22.3 Å². The lowest BCUT2D eigenvalue weighted by molar-refractivity contribution is -0.135. The fourth-order valence-electron chi connectivity index (χ4n) is 2.14. The SMILES string of the molecule is Cc1ccc(C(=O)NCCC(=O)N2CCOCC2)cc1N. The molecule has 1 fully saturated rings. The molecule has 114 valence electrons. The monoisotopic (exact) mass is 291 g/mol. The number of nitrogens with zero attached hydrogens (tertiary/aromatic N) is 1. The minimum Gasteiger partial charge on any atom is -0.398 e. The molecule has 1 aliphatic heterocycles. The van der Waals surface area contributed by atoms with Crippen LogP contribution in [0.2, 0.25) is 0 Å². The van der Waals surface area contributed by atoms with Crippen LogP contribution in [0.4, 0.5) is 5.69 Å². The van der Waals surface area contributed by atoms with Crippen molar-refractivity contribution in [1.82, 2.24) is 10.2 Å². The first-order valence-electron chi connectivity index (χ1n) is 7.08. The maximum atomic E-state index is 12.0. The van der Waals surface area contributed by atoms with E-state index in [0.717, 1.165) is 5.56 Å². The average Bonchev–Trinajstić information content (AvgIpc) is 2.50. The Labute approximate surface area is 124 Å². The summed E-state index contributed by atoms with van der Waals surface area (Å²) in [6, 6.07) is 5.18. The van der Waals surface area contributed by atoms with Gasteiger partial charge in [0.25, 0.3) is 5.91 Å². The highest BCUT2D eigenvalue weighted by molar-refractivity contribution is 5.95. The molecule has 1 aromatic rings. The van der Waals surface area contributed by atoms with Crippen molar-refractivity contribution in [2.75, 3.05) is 38.6 Å². The molecule has 0 aromatic heterocycles. The Bertz CT molecular complexity index is 525. The van der Waals surface area contributed by atoms with E-state index in [1.54, 1.807) is 17.0 Å². The van der Waals surface area contributed by atoms with Gasteiger partial charge in [-0.05, 0) is 24.6 Å². The van der Waals surface area contributed by atoms with Gasteiger partial charge in [-0.15, -0.1) is 0 Å². The number of nitrogen functional groups attached to an aromatic ring is 1. The molecule has 6 nitrogen and oxygen atoms in total. The Hall–Kier alpha value is -2.08. The van der Waals surface area contributed by atoms with Gasteiger partial charge in [0.15, 0.2) is 0 Å². The van der Waals surface area contributed by atoms with Gasteiger partial charge in [0.05, 0.1) is 13.2 Å². The topological polar surface area (TPSA) is 84.7 Å². The fraction of sp³-hybridized carbons (Fsp3) is 0.467. The molecular formula is C15H21N3O3. The van der Waals surface area contributed by atoms with E-state index >= 15 is 0 Å². The summed E-state index contributed by atoms with van der Waals surface area (Å²) in [4.78, 5) is 25.6. The number of hydrogen-bond acceptors (Lipinski definition) is 4. The number of carbonyl (C=O) groups excluding carboxylic acids is 2. The van der Waals surface area contributed by atoms with Crippen LogP contribution in [-0.2, 0) is 9.53 Å². The molecule has 0 bridgehead atoms. The van der Waals surface area contributed by atoms with E-state index in [2.05, 4.69) is 5.32 Å². The van der Waals surface area contributed by atoms with E-state index < -0.39 is 0 Å². The number of nitrogens with one attached hydrogen (secondary N) is 1. The van der Waals surface area contributed by atoms with Crippen molar-refractivity contribution in [3.63, 3.8) is 0 Å². The third-order valence-corrected chi connectivity index (χ3v) is 3.53. The number of amides is 2. The van der Waals surface area contributed by atoms with Gasteiger partial charge in [0, 0.05) is 37.3 Å². The van der Waals surface area contributed by atoms with E-state index in [1.165, 1.54) is 0 Å². The molecule has 1 aliphatic rings. The summed E-state index contributed by atoms with van der Waals surface area (Å²) >= 11 is 0. The van der Waals surface area contributed by atoms with Gasteiger partial charge < -0.3 is 20.7 Å². The van der Waals surface area contributed by atoms with Gasteiger partial charge in [0.2, 0.25) is 5.91 Å². The molecule has 21 heavy (non-hydrogen) atoms. The summed E-state index contributed by atoms with van der Waals surface area (Å²) in [7, 11) is 0. The number of nitrogens with two attached hydrogens (primary N) is 1. The molecule has 0 atom stereocenters. The molecule has 1 aromatic carbocycles. The van der Waals surface area contributed by atoms with Crippen molar-refractivity contribution in [2.45, 2.75) is 13.3 Å². The minimum atomic E-state index is -0.212. The number of benzene rings is 1. The molecule has 0 saturated carbocycles.